The summed E-state index contributed by atoms with van der Waals surface area (Å²) < 4.78 is 0. The molecular weight excluding hydrogens is 416 g/mol. The molecule has 0 unspecified atom stereocenters. The number of hydrogen-bond donors (Lipinski definition) is 1. The summed E-state index contributed by atoms with van der Waals surface area (Å²) in [7, 11) is 0. The minimum absolute atomic E-state index is 0.0561. The Morgan fingerprint density at radius 2 is 1.77 bits per heavy atom. The zero-order chi connectivity index (χ0) is 22.1. The predicted octanol–water partition coefficient (Wildman–Crippen LogP) is 5.21. The highest BCUT2D eigenvalue weighted by Gasteiger charge is 2.26. The van der Waals surface area contributed by atoms with Crippen LogP contribution in [0.4, 0.5) is 0 Å². The fraction of sp³-hybridized carbons (Fsp3) is 0.417. The van der Waals surface area contributed by atoms with E-state index in [-0.39, 0.29) is 23.6 Å². The lowest BCUT2D eigenvalue weighted by Crippen LogP contribution is -2.50. The number of carbonyl (C=O) groups excluding carboxylic acids is 2. The van der Waals surface area contributed by atoms with Crippen LogP contribution in [0, 0.1) is 6.92 Å². The van der Waals surface area contributed by atoms with Crippen molar-refractivity contribution in [1.29, 1.82) is 0 Å². The summed E-state index contributed by atoms with van der Waals surface area (Å²) in [6.45, 7) is 8.22. The summed E-state index contributed by atoms with van der Waals surface area (Å²) in [6, 6.07) is 15.2. The summed E-state index contributed by atoms with van der Waals surface area (Å²) in [5.74, 6) is 0.760. The summed E-state index contributed by atoms with van der Waals surface area (Å²) >= 11 is 7.72. The van der Waals surface area contributed by atoms with Gasteiger partial charge in [0.2, 0.25) is 11.8 Å². The molecule has 4 nitrogen and oxygen atoms in total. The van der Waals surface area contributed by atoms with Gasteiger partial charge < -0.3 is 10.2 Å². The maximum absolute atomic E-state index is 13.1. The minimum atomic E-state index is -0.547. The Balaban J connectivity index is 2.08. The lowest BCUT2D eigenvalue weighted by atomic mass is 10.1. The molecule has 0 saturated carbocycles. The van der Waals surface area contributed by atoms with Gasteiger partial charge in [0.05, 0.1) is 5.75 Å². The second-order valence-electron chi connectivity index (χ2n) is 7.59. The predicted molar refractivity (Wildman–Crippen MR) is 127 cm³/mol. The molecule has 2 amide bonds. The molecule has 0 saturated heterocycles. The number of thioether (sulfide) groups is 1. The van der Waals surface area contributed by atoms with Crippen LogP contribution in [0.1, 0.15) is 43.9 Å². The molecule has 0 heterocycles. The van der Waals surface area contributed by atoms with Crippen LogP contribution >= 0.6 is 23.4 Å². The van der Waals surface area contributed by atoms with Crippen LogP contribution in [0.15, 0.2) is 48.5 Å². The van der Waals surface area contributed by atoms with Crippen LogP contribution in [-0.2, 0) is 21.9 Å². The summed E-state index contributed by atoms with van der Waals surface area (Å²) in [4.78, 5) is 27.5. The molecule has 2 aromatic rings. The molecule has 0 aliphatic rings. The SMILES string of the molecule is CC[C@@H](C)NC(=O)[C@@H](C)N(Cc1ccc(C)cc1)C(=O)CSCc1ccccc1Cl. The average molecular weight is 447 g/mol. The number of carbonyl (C=O) groups is 2. The molecule has 2 atom stereocenters. The van der Waals surface area contributed by atoms with Gasteiger partial charge in [0, 0.05) is 23.4 Å². The topological polar surface area (TPSA) is 49.4 Å². The van der Waals surface area contributed by atoms with Crippen LogP contribution in [0.5, 0.6) is 0 Å². The van der Waals surface area contributed by atoms with E-state index in [1.54, 1.807) is 11.8 Å². The molecular formula is C24H31ClN2O2S. The Bertz CT molecular complexity index is 841. The van der Waals surface area contributed by atoms with E-state index in [2.05, 4.69) is 5.32 Å². The second kappa shape index (κ2) is 12.0. The highest BCUT2D eigenvalue weighted by molar-refractivity contribution is 7.99. The van der Waals surface area contributed by atoms with Crippen LogP contribution < -0.4 is 5.32 Å². The van der Waals surface area contributed by atoms with Gasteiger partial charge in [0.1, 0.15) is 6.04 Å². The summed E-state index contributed by atoms with van der Waals surface area (Å²) in [6.07, 6.45) is 0.845. The van der Waals surface area contributed by atoms with Crippen molar-refractivity contribution in [3.8, 4) is 0 Å². The summed E-state index contributed by atoms with van der Waals surface area (Å²) in [5.41, 5.74) is 3.17. The first-order valence-corrected chi connectivity index (χ1v) is 11.8. The van der Waals surface area contributed by atoms with E-state index in [9.17, 15) is 9.59 Å². The van der Waals surface area contributed by atoms with Crippen molar-refractivity contribution in [2.24, 2.45) is 0 Å². The number of benzene rings is 2. The molecule has 0 bridgehead atoms. The molecule has 2 aromatic carbocycles. The second-order valence-corrected chi connectivity index (χ2v) is 8.98. The summed E-state index contributed by atoms with van der Waals surface area (Å²) in [5, 5.41) is 3.70. The number of amides is 2. The highest BCUT2D eigenvalue weighted by Crippen LogP contribution is 2.21. The Morgan fingerprint density at radius 3 is 2.40 bits per heavy atom. The Morgan fingerprint density at radius 1 is 1.10 bits per heavy atom. The number of rotatable bonds is 10. The van der Waals surface area contributed by atoms with Gasteiger partial charge in [0.25, 0.3) is 0 Å². The molecule has 6 heteroatoms. The van der Waals surface area contributed by atoms with Crippen LogP contribution in [-0.4, -0.2) is 34.6 Å². The first kappa shape index (κ1) is 24.3. The minimum Gasteiger partial charge on any atom is -0.352 e. The number of nitrogens with one attached hydrogen (secondary N) is 1. The van der Waals surface area contributed by atoms with Gasteiger partial charge in [-0.2, -0.15) is 0 Å². The molecule has 0 aromatic heterocycles. The Hall–Kier alpha value is -1.98. The fourth-order valence-electron chi connectivity index (χ4n) is 2.88. The largest absolute Gasteiger partial charge is 0.352 e. The van der Waals surface area contributed by atoms with Crippen LogP contribution in [0.3, 0.4) is 0 Å². The highest BCUT2D eigenvalue weighted by atomic mass is 35.5. The molecule has 162 valence electrons. The smallest absolute Gasteiger partial charge is 0.242 e. The van der Waals surface area contributed by atoms with E-state index < -0.39 is 6.04 Å². The van der Waals surface area contributed by atoms with Crippen molar-refractivity contribution < 1.29 is 9.59 Å². The van der Waals surface area contributed by atoms with Gasteiger partial charge in [-0.25, -0.2) is 0 Å². The Kier molecular flexibility index (Phi) is 9.73. The lowest BCUT2D eigenvalue weighted by Gasteiger charge is -2.29. The van der Waals surface area contributed by atoms with Gasteiger partial charge >= 0.3 is 0 Å². The molecule has 0 aliphatic carbocycles. The van der Waals surface area contributed by atoms with Crippen LogP contribution in [0.25, 0.3) is 0 Å². The molecule has 0 fully saturated rings. The number of hydrogen-bond acceptors (Lipinski definition) is 3. The van der Waals surface area contributed by atoms with Gasteiger partial charge in [-0.05, 0) is 44.4 Å². The van der Waals surface area contributed by atoms with Gasteiger partial charge in [-0.15, -0.1) is 11.8 Å². The van der Waals surface area contributed by atoms with Crippen molar-refractivity contribution >= 4 is 35.2 Å². The van der Waals surface area contributed by atoms with E-state index in [0.29, 0.717) is 17.3 Å². The van der Waals surface area contributed by atoms with E-state index >= 15 is 0 Å². The number of nitrogens with zero attached hydrogens (tertiary/aromatic N) is 1. The van der Waals surface area contributed by atoms with Gasteiger partial charge in [0.15, 0.2) is 0 Å². The van der Waals surface area contributed by atoms with Crippen molar-refractivity contribution in [2.45, 2.75) is 58.5 Å². The van der Waals surface area contributed by atoms with Crippen molar-refractivity contribution in [2.75, 3.05) is 5.75 Å². The maximum atomic E-state index is 13.1. The normalized spacial score (nSPS) is 12.8. The van der Waals surface area contributed by atoms with Gasteiger partial charge in [-0.1, -0.05) is 66.6 Å². The third-order valence-electron chi connectivity index (χ3n) is 5.08. The van der Waals surface area contributed by atoms with Crippen molar-refractivity contribution in [3.63, 3.8) is 0 Å². The maximum Gasteiger partial charge on any atom is 0.242 e. The quantitative estimate of drug-likeness (QED) is 0.544. The van der Waals surface area contributed by atoms with E-state index in [1.807, 2.05) is 69.3 Å². The lowest BCUT2D eigenvalue weighted by molar-refractivity contribution is -0.138. The molecule has 0 aliphatic heterocycles. The molecule has 2 rings (SSSR count). The molecule has 0 spiro atoms. The zero-order valence-corrected chi connectivity index (χ0v) is 19.7. The average Bonchev–Trinajstić information content (AvgIpc) is 2.73. The Labute approximate surface area is 189 Å². The van der Waals surface area contributed by atoms with E-state index in [4.69, 9.17) is 11.6 Å². The molecule has 1 N–H and O–H groups in total. The number of aryl methyl sites for hydroxylation is 1. The molecule has 30 heavy (non-hydrogen) atoms. The fourth-order valence-corrected chi connectivity index (χ4v) is 4.08. The van der Waals surface area contributed by atoms with Gasteiger partial charge in [-0.3, -0.25) is 9.59 Å². The standard InChI is InChI=1S/C24H31ClN2O2S/c1-5-18(3)26-24(29)19(4)27(14-20-12-10-17(2)11-13-20)23(28)16-30-15-21-8-6-7-9-22(21)25/h6-13,18-19H,5,14-16H2,1-4H3,(H,26,29)/t18-,19-/m1/s1. The van der Waals surface area contributed by atoms with E-state index in [0.717, 1.165) is 23.1 Å². The number of halogens is 1. The molecule has 0 radical (unpaired) electrons. The van der Waals surface area contributed by atoms with Crippen molar-refractivity contribution in [3.05, 3.63) is 70.2 Å². The zero-order valence-electron chi connectivity index (χ0n) is 18.2. The van der Waals surface area contributed by atoms with Crippen LogP contribution in [0.2, 0.25) is 5.02 Å². The van der Waals surface area contributed by atoms with E-state index in [1.165, 1.54) is 11.8 Å². The first-order valence-electron chi connectivity index (χ1n) is 10.3. The third-order valence-corrected chi connectivity index (χ3v) is 6.42. The third kappa shape index (κ3) is 7.37. The van der Waals surface area contributed by atoms with Crippen molar-refractivity contribution in [1.82, 2.24) is 10.2 Å². The monoisotopic (exact) mass is 446 g/mol. The first-order chi connectivity index (χ1) is 14.3.